The highest BCUT2D eigenvalue weighted by Gasteiger charge is 2.07. The Bertz CT molecular complexity index is 772. The van der Waals surface area contributed by atoms with Crippen LogP contribution in [0.3, 0.4) is 0 Å². The molecule has 0 heterocycles. The topological polar surface area (TPSA) is 29.1 Å². The minimum atomic E-state index is 0.00490. The van der Waals surface area contributed by atoms with Crippen molar-refractivity contribution in [2.75, 3.05) is 5.32 Å². The van der Waals surface area contributed by atoms with E-state index in [1.807, 2.05) is 31.2 Å². The predicted molar refractivity (Wildman–Crippen MR) is 132 cm³/mol. The number of hydrogen-bond donors (Lipinski definition) is 1. The minimum absolute atomic E-state index is 0.00490. The van der Waals surface area contributed by atoms with Gasteiger partial charge in [0.2, 0.25) is 0 Å². The lowest BCUT2D eigenvalue weighted by atomic mass is 10.0. The molecule has 1 amide bonds. The van der Waals surface area contributed by atoms with Crippen LogP contribution in [0.25, 0.3) is 10.8 Å². The molecule has 0 unspecified atom stereocenters. The Labute approximate surface area is 184 Å². The van der Waals surface area contributed by atoms with E-state index in [4.69, 9.17) is 0 Å². The summed E-state index contributed by atoms with van der Waals surface area (Å²) in [4.78, 5) is 12.5. The van der Waals surface area contributed by atoms with Crippen molar-refractivity contribution in [1.82, 2.24) is 0 Å². The first-order valence-electron chi connectivity index (χ1n) is 12.2. The van der Waals surface area contributed by atoms with Crippen molar-refractivity contribution < 1.29 is 4.79 Å². The average molecular weight is 408 g/mol. The third kappa shape index (κ3) is 9.15. The van der Waals surface area contributed by atoms with Crippen LogP contribution < -0.4 is 5.32 Å². The van der Waals surface area contributed by atoms with Gasteiger partial charge < -0.3 is 5.32 Å². The van der Waals surface area contributed by atoms with Crippen LogP contribution in [0.1, 0.15) is 97.3 Å². The first-order chi connectivity index (χ1) is 14.7. The van der Waals surface area contributed by atoms with Gasteiger partial charge in [0.15, 0.2) is 0 Å². The number of rotatable bonds is 15. The molecule has 164 valence electrons. The molecule has 2 aromatic carbocycles. The summed E-state index contributed by atoms with van der Waals surface area (Å²) < 4.78 is 0. The second kappa shape index (κ2) is 14.8. The monoisotopic (exact) mass is 407 g/mol. The highest BCUT2D eigenvalue weighted by molar-refractivity contribution is 6.08. The van der Waals surface area contributed by atoms with Gasteiger partial charge in [-0.2, -0.15) is 0 Å². The number of fused-ring (bicyclic) bond motifs is 1. The fraction of sp³-hybridized carbons (Fsp3) is 0.536. The van der Waals surface area contributed by atoms with E-state index >= 15 is 0 Å². The third-order valence-corrected chi connectivity index (χ3v) is 5.90. The quantitative estimate of drug-likeness (QED) is 0.232. The zero-order valence-electron chi connectivity index (χ0n) is 19.2. The van der Waals surface area contributed by atoms with Crippen molar-refractivity contribution in [3.63, 3.8) is 0 Å². The molecule has 1 N–H and O–H groups in total. The van der Waals surface area contributed by atoms with E-state index in [2.05, 4.69) is 36.5 Å². The molecule has 2 nitrogen and oxygen atoms in total. The first kappa shape index (κ1) is 24.2. The Morgan fingerprint density at radius 2 is 1.33 bits per heavy atom. The Morgan fingerprint density at radius 1 is 0.767 bits per heavy atom. The number of anilines is 1. The van der Waals surface area contributed by atoms with E-state index in [0.29, 0.717) is 0 Å². The van der Waals surface area contributed by atoms with Gasteiger partial charge in [-0.05, 0) is 31.2 Å². The van der Waals surface area contributed by atoms with Crippen LogP contribution in [0.15, 0.2) is 54.1 Å². The zero-order valence-corrected chi connectivity index (χ0v) is 19.2. The van der Waals surface area contributed by atoms with Gasteiger partial charge in [-0.15, -0.1) is 0 Å². The largest absolute Gasteiger partial charge is 0.322 e. The SMILES string of the molecule is CCCCCCCCCCCCCCC=C(C)C(=O)Nc1cccc2ccccc12. The van der Waals surface area contributed by atoms with E-state index in [1.165, 1.54) is 77.0 Å². The molecule has 0 aliphatic rings. The van der Waals surface area contributed by atoms with Gasteiger partial charge >= 0.3 is 0 Å². The molecule has 0 radical (unpaired) electrons. The van der Waals surface area contributed by atoms with E-state index in [9.17, 15) is 4.79 Å². The molecule has 0 bridgehead atoms. The van der Waals surface area contributed by atoms with Crippen LogP contribution in [-0.4, -0.2) is 5.91 Å². The van der Waals surface area contributed by atoms with Crippen molar-refractivity contribution in [3.05, 3.63) is 54.1 Å². The molecule has 0 atom stereocenters. The predicted octanol–water partition coefficient (Wildman–Crippen LogP) is 8.82. The van der Waals surface area contributed by atoms with Gasteiger partial charge in [0.05, 0.1) is 0 Å². The third-order valence-electron chi connectivity index (χ3n) is 5.90. The normalized spacial score (nSPS) is 11.7. The highest BCUT2D eigenvalue weighted by atomic mass is 16.1. The van der Waals surface area contributed by atoms with E-state index in [-0.39, 0.29) is 5.91 Å². The van der Waals surface area contributed by atoms with Crippen molar-refractivity contribution in [2.45, 2.75) is 97.3 Å². The summed E-state index contributed by atoms with van der Waals surface area (Å²) in [7, 11) is 0. The van der Waals surface area contributed by atoms with Crippen LogP contribution >= 0.6 is 0 Å². The second-order valence-electron chi connectivity index (χ2n) is 8.55. The Hall–Kier alpha value is -2.09. The lowest BCUT2D eigenvalue weighted by molar-refractivity contribution is -0.112. The minimum Gasteiger partial charge on any atom is -0.322 e. The molecule has 0 aromatic heterocycles. The molecule has 2 heteroatoms. The number of nitrogens with one attached hydrogen (secondary N) is 1. The van der Waals surface area contributed by atoms with Crippen LogP contribution in [-0.2, 0) is 4.79 Å². The molecular formula is C28H41NO. The van der Waals surface area contributed by atoms with Gasteiger partial charge in [0.1, 0.15) is 0 Å². The van der Waals surface area contributed by atoms with E-state index in [0.717, 1.165) is 28.5 Å². The molecule has 2 aromatic rings. The Kier molecular flexibility index (Phi) is 11.9. The summed E-state index contributed by atoms with van der Waals surface area (Å²) in [6, 6.07) is 14.2. The van der Waals surface area contributed by atoms with Gasteiger partial charge in [0, 0.05) is 16.6 Å². The van der Waals surface area contributed by atoms with Crippen molar-refractivity contribution in [1.29, 1.82) is 0 Å². The van der Waals surface area contributed by atoms with Gasteiger partial charge in [-0.3, -0.25) is 4.79 Å². The molecule has 0 aliphatic heterocycles. The lowest BCUT2D eigenvalue weighted by Crippen LogP contribution is -2.12. The number of carbonyl (C=O) groups excluding carboxylic acids is 1. The zero-order chi connectivity index (χ0) is 21.4. The Morgan fingerprint density at radius 3 is 2.00 bits per heavy atom. The molecule has 0 saturated heterocycles. The maximum atomic E-state index is 12.5. The summed E-state index contributed by atoms with van der Waals surface area (Å²) in [5.41, 5.74) is 1.70. The van der Waals surface area contributed by atoms with Crippen molar-refractivity contribution in [2.24, 2.45) is 0 Å². The molecule has 0 aliphatic carbocycles. The summed E-state index contributed by atoms with van der Waals surface area (Å²) in [5, 5.41) is 5.31. The number of benzene rings is 2. The molecular weight excluding hydrogens is 366 g/mol. The van der Waals surface area contributed by atoms with Gasteiger partial charge in [0.25, 0.3) is 5.91 Å². The standard InChI is InChI=1S/C28H41NO/c1-3-4-5-6-7-8-9-10-11-12-13-14-15-19-24(2)28(30)29-27-23-18-21-25-20-16-17-22-26(25)27/h16-23H,3-15H2,1-2H3,(H,29,30). The maximum absolute atomic E-state index is 12.5. The second-order valence-corrected chi connectivity index (χ2v) is 8.55. The smallest absolute Gasteiger partial charge is 0.250 e. The summed E-state index contributed by atoms with van der Waals surface area (Å²) in [6.45, 7) is 4.19. The number of amides is 1. The molecule has 2 rings (SSSR count). The van der Waals surface area contributed by atoms with Gasteiger partial charge in [-0.1, -0.05) is 120 Å². The number of unbranched alkanes of at least 4 members (excludes halogenated alkanes) is 12. The van der Waals surface area contributed by atoms with Crippen LogP contribution in [0.2, 0.25) is 0 Å². The number of hydrogen-bond acceptors (Lipinski definition) is 1. The fourth-order valence-electron chi connectivity index (χ4n) is 3.95. The van der Waals surface area contributed by atoms with E-state index in [1.54, 1.807) is 0 Å². The van der Waals surface area contributed by atoms with Crippen LogP contribution in [0, 0.1) is 0 Å². The van der Waals surface area contributed by atoms with Crippen LogP contribution in [0.5, 0.6) is 0 Å². The average Bonchev–Trinajstić information content (AvgIpc) is 2.77. The summed E-state index contributed by atoms with van der Waals surface area (Å²) in [6.07, 6.45) is 19.4. The van der Waals surface area contributed by atoms with Gasteiger partial charge in [-0.25, -0.2) is 0 Å². The molecule has 30 heavy (non-hydrogen) atoms. The van der Waals surface area contributed by atoms with Crippen molar-refractivity contribution in [3.8, 4) is 0 Å². The first-order valence-corrected chi connectivity index (χ1v) is 12.2. The maximum Gasteiger partial charge on any atom is 0.250 e. The van der Waals surface area contributed by atoms with Crippen molar-refractivity contribution >= 4 is 22.4 Å². The summed E-state index contributed by atoms with van der Waals surface area (Å²) in [5.74, 6) is 0.00490. The van der Waals surface area contributed by atoms with E-state index < -0.39 is 0 Å². The lowest BCUT2D eigenvalue weighted by Gasteiger charge is -2.09. The molecule has 0 spiro atoms. The Balaban J connectivity index is 1.56. The fourth-order valence-corrected chi connectivity index (χ4v) is 3.95. The number of allylic oxidation sites excluding steroid dienone is 1. The number of carbonyl (C=O) groups is 1. The van der Waals surface area contributed by atoms with Crippen LogP contribution in [0.4, 0.5) is 5.69 Å². The summed E-state index contributed by atoms with van der Waals surface area (Å²) >= 11 is 0. The highest BCUT2D eigenvalue weighted by Crippen LogP contribution is 2.23. The molecule has 0 fully saturated rings. The molecule has 0 saturated carbocycles.